The standard InChI is InChI=1S/C19H22ClFN2O4S/c1-2-3-4-11-22-19(24)13-27-18-10-9-16(12-17(18)20)28(25,26)23-15-7-5-14(21)6-8-15/h5-10,12,23H,2-4,11,13H2,1H3,(H,22,24). The second kappa shape index (κ2) is 10.3. The van der Waals surface area contributed by atoms with Crippen LogP contribution in [0.25, 0.3) is 0 Å². The molecule has 0 aliphatic heterocycles. The predicted octanol–water partition coefficient (Wildman–Crippen LogP) is 3.97. The Morgan fingerprint density at radius 3 is 2.50 bits per heavy atom. The van der Waals surface area contributed by atoms with Gasteiger partial charge in [0.1, 0.15) is 11.6 Å². The van der Waals surface area contributed by atoms with E-state index in [1.54, 1.807) is 0 Å². The van der Waals surface area contributed by atoms with Crippen LogP contribution < -0.4 is 14.8 Å². The lowest BCUT2D eigenvalue weighted by molar-refractivity contribution is -0.123. The number of unbranched alkanes of at least 4 members (excludes halogenated alkanes) is 2. The van der Waals surface area contributed by atoms with E-state index in [4.69, 9.17) is 16.3 Å². The van der Waals surface area contributed by atoms with Gasteiger partial charge in [-0.25, -0.2) is 12.8 Å². The highest BCUT2D eigenvalue weighted by Crippen LogP contribution is 2.28. The van der Waals surface area contributed by atoms with Crippen LogP contribution >= 0.6 is 11.6 Å². The maximum Gasteiger partial charge on any atom is 0.261 e. The van der Waals surface area contributed by atoms with Crippen LogP contribution in [-0.2, 0) is 14.8 Å². The van der Waals surface area contributed by atoms with E-state index in [0.717, 1.165) is 31.4 Å². The average Bonchev–Trinajstić information content (AvgIpc) is 2.66. The minimum atomic E-state index is -3.91. The largest absolute Gasteiger partial charge is 0.482 e. The molecule has 0 radical (unpaired) electrons. The molecular weight excluding hydrogens is 407 g/mol. The first-order chi connectivity index (χ1) is 13.3. The first kappa shape index (κ1) is 22.0. The van der Waals surface area contributed by atoms with Crippen molar-refractivity contribution < 1.29 is 22.3 Å². The van der Waals surface area contributed by atoms with Crippen molar-refractivity contribution in [2.24, 2.45) is 0 Å². The number of rotatable bonds is 10. The van der Waals surface area contributed by atoms with Gasteiger partial charge in [0.25, 0.3) is 15.9 Å². The molecule has 1 amide bonds. The topological polar surface area (TPSA) is 84.5 Å². The number of hydrogen-bond donors (Lipinski definition) is 2. The maximum absolute atomic E-state index is 12.9. The molecule has 0 aliphatic rings. The highest BCUT2D eigenvalue weighted by atomic mass is 35.5. The molecule has 0 heterocycles. The summed E-state index contributed by atoms with van der Waals surface area (Å²) >= 11 is 6.09. The molecular formula is C19H22ClFN2O4S. The van der Waals surface area contributed by atoms with Gasteiger partial charge >= 0.3 is 0 Å². The summed E-state index contributed by atoms with van der Waals surface area (Å²) in [4.78, 5) is 11.6. The third-order valence-electron chi connectivity index (χ3n) is 3.77. The molecule has 0 fully saturated rings. The average molecular weight is 429 g/mol. The van der Waals surface area contributed by atoms with Crippen LogP contribution in [0.4, 0.5) is 10.1 Å². The summed E-state index contributed by atoms with van der Waals surface area (Å²) in [5, 5.41) is 2.79. The molecule has 0 spiro atoms. The first-order valence-corrected chi connectivity index (χ1v) is 10.7. The van der Waals surface area contributed by atoms with E-state index >= 15 is 0 Å². The molecule has 0 aliphatic carbocycles. The number of benzene rings is 2. The number of hydrogen-bond acceptors (Lipinski definition) is 4. The Bertz CT molecular complexity index is 905. The van der Waals surface area contributed by atoms with Crippen LogP contribution in [-0.4, -0.2) is 27.5 Å². The molecule has 0 saturated carbocycles. The zero-order valence-electron chi connectivity index (χ0n) is 15.4. The number of anilines is 1. The van der Waals surface area contributed by atoms with Gasteiger partial charge in [-0.3, -0.25) is 9.52 Å². The van der Waals surface area contributed by atoms with Gasteiger partial charge in [-0.1, -0.05) is 31.4 Å². The summed E-state index contributed by atoms with van der Waals surface area (Å²) in [5.41, 5.74) is 0.220. The van der Waals surface area contributed by atoms with Gasteiger partial charge in [0.05, 0.1) is 9.92 Å². The Labute approximate surface area is 169 Å². The van der Waals surface area contributed by atoms with E-state index in [-0.39, 0.29) is 33.9 Å². The number of amides is 1. The molecule has 0 unspecified atom stereocenters. The van der Waals surface area contributed by atoms with Gasteiger partial charge in [-0.2, -0.15) is 0 Å². The Morgan fingerprint density at radius 1 is 1.14 bits per heavy atom. The normalized spacial score (nSPS) is 11.1. The van der Waals surface area contributed by atoms with Gasteiger partial charge in [-0.15, -0.1) is 0 Å². The fourth-order valence-electron chi connectivity index (χ4n) is 2.29. The number of carbonyl (C=O) groups is 1. The summed E-state index contributed by atoms with van der Waals surface area (Å²) < 4.78 is 45.5. The van der Waals surface area contributed by atoms with E-state index in [1.165, 1.54) is 30.3 Å². The van der Waals surface area contributed by atoms with Gasteiger partial charge < -0.3 is 10.1 Å². The fraction of sp³-hybridized carbons (Fsp3) is 0.316. The lowest BCUT2D eigenvalue weighted by Gasteiger charge is -2.11. The molecule has 2 aromatic rings. The van der Waals surface area contributed by atoms with Crippen molar-refractivity contribution in [3.63, 3.8) is 0 Å². The van der Waals surface area contributed by atoms with E-state index < -0.39 is 15.8 Å². The lowest BCUT2D eigenvalue weighted by Crippen LogP contribution is -2.29. The monoisotopic (exact) mass is 428 g/mol. The zero-order chi connectivity index (χ0) is 20.6. The van der Waals surface area contributed by atoms with E-state index in [1.807, 2.05) is 0 Å². The van der Waals surface area contributed by atoms with Crippen LogP contribution in [0.1, 0.15) is 26.2 Å². The highest BCUT2D eigenvalue weighted by Gasteiger charge is 2.17. The van der Waals surface area contributed by atoms with Crippen LogP contribution in [0, 0.1) is 5.82 Å². The molecule has 28 heavy (non-hydrogen) atoms. The second-order valence-electron chi connectivity index (χ2n) is 6.05. The minimum absolute atomic E-state index is 0.0563. The van der Waals surface area contributed by atoms with E-state index in [2.05, 4.69) is 17.0 Å². The number of ether oxygens (including phenoxy) is 1. The molecule has 2 N–H and O–H groups in total. The molecule has 0 aromatic heterocycles. The van der Waals surface area contributed by atoms with Gasteiger partial charge in [0.2, 0.25) is 0 Å². The van der Waals surface area contributed by atoms with Crippen molar-refractivity contribution in [3.05, 3.63) is 53.3 Å². The molecule has 0 bridgehead atoms. The summed E-state index contributed by atoms with van der Waals surface area (Å²) in [6, 6.07) is 8.83. The summed E-state index contributed by atoms with van der Waals surface area (Å²) in [6.45, 7) is 2.44. The van der Waals surface area contributed by atoms with Crippen LogP contribution in [0.15, 0.2) is 47.4 Å². The number of sulfonamides is 1. The molecule has 0 atom stereocenters. The zero-order valence-corrected chi connectivity index (χ0v) is 16.9. The second-order valence-corrected chi connectivity index (χ2v) is 8.14. The van der Waals surface area contributed by atoms with Crippen LogP contribution in [0.5, 0.6) is 5.75 Å². The molecule has 0 saturated heterocycles. The SMILES string of the molecule is CCCCCNC(=O)COc1ccc(S(=O)(=O)Nc2ccc(F)cc2)cc1Cl. The molecule has 2 aromatic carbocycles. The quantitative estimate of drug-likeness (QED) is 0.561. The van der Waals surface area contributed by atoms with Crippen molar-refractivity contribution in [1.82, 2.24) is 5.32 Å². The Morgan fingerprint density at radius 2 is 1.86 bits per heavy atom. The Balaban J connectivity index is 1.97. The van der Waals surface area contributed by atoms with Gasteiger partial charge in [0.15, 0.2) is 6.61 Å². The van der Waals surface area contributed by atoms with Crippen molar-refractivity contribution in [2.75, 3.05) is 17.9 Å². The fourth-order valence-corrected chi connectivity index (χ4v) is 3.68. The predicted molar refractivity (Wildman–Crippen MR) is 107 cm³/mol. The maximum atomic E-state index is 12.9. The third-order valence-corrected chi connectivity index (χ3v) is 5.45. The third kappa shape index (κ3) is 6.69. The van der Waals surface area contributed by atoms with Crippen molar-refractivity contribution in [3.8, 4) is 5.75 Å². The molecule has 9 heteroatoms. The van der Waals surface area contributed by atoms with Crippen LogP contribution in [0.3, 0.4) is 0 Å². The van der Waals surface area contributed by atoms with Gasteiger partial charge in [-0.05, 0) is 48.9 Å². The van der Waals surface area contributed by atoms with Crippen molar-refractivity contribution in [2.45, 2.75) is 31.1 Å². The molecule has 6 nitrogen and oxygen atoms in total. The summed E-state index contributed by atoms with van der Waals surface area (Å²) in [5.74, 6) is -0.546. The minimum Gasteiger partial charge on any atom is -0.482 e. The molecule has 152 valence electrons. The van der Waals surface area contributed by atoms with E-state index in [0.29, 0.717) is 6.54 Å². The smallest absolute Gasteiger partial charge is 0.261 e. The number of nitrogens with one attached hydrogen (secondary N) is 2. The number of carbonyl (C=O) groups excluding carboxylic acids is 1. The van der Waals surface area contributed by atoms with Crippen molar-refractivity contribution in [1.29, 1.82) is 0 Å². The summed E-state index contributed by atoms with van der Waals surface area (Å²) in [7, 11) is -3.91. The number of halogens is 2. The summed E-state index contributed by atoms with van der Waals surface area (Å²) in [6.07, 6.45) is 3.00. The van der Waals surface area contributed by atoms with Crippen molar-refractivity contribution >= 4 is 33.2 Å². The van der Waals surface area contributed by atoms with E-state index in [9.17, 15) is 17.6 Å². The van der Waals surface area contributed by atoms with Crippen LogP contribution in [0.2, 0.25) is 5.02 Å². The molecule has 2 rings (SSSR count). The first-order valence-electron chi connectivity index (χ1n) is 8.79. The van der Waals surface area contributed by atoms with Gasteiger partial charge in [0, 0.05) is 12.2 Å². The Hall–Kier alpha value is -2.32. The lowest BCUT2D eigenvalue weighted by atomic mass is 10.2. The Kier molecular flexibility index (Phi) is 8.07. The highest BCUT2D eigenvalue weighted by molar-refractivity contribution is 7.92.